The Morgan fingerprint density at radius 2 is 1.95 bits per heavy atom. The second-order valence-corrected chi connectivity index (χ2v) is 5.75. The van der Waals surface area contributed by atoms with Gasteiger partial charge in [0.1, 0.15) is 11.5 Å². The topological polar surface area (TPSA) is 44.5 Å². The maximum Gasteiger partial charge on any atom is 0.123 e. The van der Waals surface area contributed by atoms with Crippen LogP contribution in [0.4, 0.5) is 0 Å². The highest BCUT2D eigenvalue weighted by Gasteiger charge is 2.31. The Hall–Kier alpha value is -1.22. The van der Waals surface area contributed by atoms with Crippen LogP contribution in [0.15, 0.2) is 18.2 Å². The Bertz CT molecular complexity index is 433. The molecule has 1 fully saturated rings. The summed E-state index contributed by atoms with van der Waals surface area (Å²) < 4.78 is 10.8. The quantitative estimate of drug-likeness (QED) is 0.887. The van der Waals surface area contributed by atoms with Crippen molar-refractivity contribution < 1.29 is 9.47 Å². The van der Waals surface area contributed by atoms with E-state index in [9.17, 15) is 0 Å². The van der Waals surface area contributed by atoms with Crippen molar-refractivity contribution in [2.75, 3.05) is 14.2 Å². The molecule has 3 heteroatoms. The molecular weight excluding hydrogens is 250 g/mol. The highest BCUT2D eigenvalue weighted by Crippen LogP contribution is 2.42. The molecule has 0 amide bonds. The molecule has 1 saturated carbocycles. The number of nitrogens with two attached hydrogens (primary N) is 1. The number of ether oxygens (including phenoxy) is 2. The van der Waals surface area contributed by atoms with Crippen molar-refractivity contribution in [3.8, 4) is 11.5 Å². The van der Waals surface area contributed by atoms with E-state index in [2.05, 4.69) is 6.92 Å². The Balaban J connectivity index is 2.28. The molecular formula is C17H27NO2. The van der Waals surface area contributed by atoms with Gasteiger partial charge in [0.05, 0.1) is 14.2 Å². The molecule has 0 bridgehead atoms. The van der Waals surface area contributed by atoms with Crippen molar-refractivity contribution in [3.05, 3.63) is 23.8 Å². The number of hydrogen-bond donors (Lipinski definition) is 1. The van der Waals surface area contributed by atoms with Crippen LogP contribution in [0, 0.1) is 11.8 Å². The Kier molecular flexibility index (Phi) is 5.30. The summed E-state index contributed by atoms with van der Waals surface area (Å²) in [6.45, 7) is 2.28. The van der Waals surface area contributed by atoms with Crippen molar-refractivity contribution in [2.24, 2.45) is 17.6 Å². The fourth-order valence-corrected chi connectivity index (χ4v) is 3.55. The standard InChI is InChI=1S/C17H27NO2/c1-4-12-7-5-6-8-14(12)17(18)15-11-13(19-2)9-10-16(15)20-3/h9-12,14,17H,4-8,18H2,1-3H3. The van der Waals surface area contributed by atoms with Crippen LogP contribution in [-0.4, -0.2) is 14.2 Å². The summed E-state index contributed by atoms with van der Waals surface area (Å²) in [6.07, 6.45) is 6.38. The number of methoxy groups -OCH3 is 2. The summed E-state index contributed by atoms with van der Waals surface area (Å²) in [5.74, 6) is 3.00. The highest BCUT2D eigenvalue weighted by atomic mass is 16.5. The molecule has 0 aromatic heterocycles. The summed E-state index contributed by atoms with van der Waals surface area (Å²) in [5.41, 5.74) is 7.68. The minimum Gasteiger partial charge on any atom is -0.497 e. The fraction of sp³-hybridized carbons (Fsp3) is 0.647. The minimum atomic E-state index is 0.0327. The predicted octanol–water partition coefficient (Wildman–Crippen LogP) is 3.92. The van der Waals surface area contributed by atoms with Crippen LogP contribution in [0.1, 0.15) is 50.6 Å². The molecule has 3 atom stereocenters. The van der Waals surface area contributed by atoms with Gasteiger partial charge in [0.15, 0.2) is 0 Å². The summed E-state index contributed by atoms with van der Waals surface area (Å²) in [6, 6.07) is 5.95. The van der Waals surface area contributed by atoms with Gasteiger partial charge in [-0.2, -0.15) is 0 Å². The number of hydrogen-bond acceptors (Lipinski definition) is 3. The molecule has 0 aliphatic heterocycles. The maximum absolute atomic E-state index is 6.60. The second-order valence-electron chi connectivity index (χ2n) is 5.75. The molecule has 0 saturated heterocycles. The molecule has 1 aliphatic rings. The largest absolute Gasteiger partial charge is 0.497 e. The first-order valence-electron chi connectivity index (χ1n) is 7.68. The molecule has 2 N–H and O–H groups in total. The van der Waals surface area contributed by atoms with E-state index in [0.29, 0.717) is 5.92 Å². The van der Waals surface area contributed by atoms with E-state index in [4.69, 9.17) is 15.2 Å². The lowest BCUT2D eigenvalue weighted by Crippen LogP contribution is -2.30. The van der Waals surface area contributed by atoms with Gasteiger partial charge in [0.2, 0.25) is 0 Å². The first kappa shape index (κ1) is 15.2. The third-order valence-corrected chi connectivity index (χ3v) is 4.75. The average Bonchev–Trinajstić information content (AvgIpc) is 2.53. The van der Waals surface area contributed by atoms with E-state index in [1.165, 1.54) is 32.1 Å². The molecule has 0 spiro atoms. The van der Waals surface area contributed by atoms with E-state index in [1.807, 2.05) is 18.2 Å². The molecule has 3 unspecified atom stereocenters. The lowest BCUT2D eigenvalue weighted by Gasteiger charge is -2.35. The third kappa shape index (κ3) is 3.09. The lowest BCUT2D eigenvalue weighted by molar-refractivity contribution is 0.194. The van der Waals surface area contributed by atoms with E-state index < -0.39 is 0 Å². The molecule has 1 aromatic carbocycles. The van der Waals surface area contributed by atoms with Crippen LogP contribution < -0.4 is 15.2 Å². The van der Waals surface area contributed by atoms with E-state index in [0.717, 1.165) is 23.0 Å². The predicted molar refractivity (Wildman–Crippen MR) is 82.2 cm³/mol. The molecule has 1 aromatic rings. The van der Waals surface area contributed by atoms with Gasteiger partial charge in [-0.15, -0.1) is 0 Å². The number of rotatable bonds is 5. The second kappa shape index (κ2) is 6.98. The van der Waals surface area contributed by atoms with Crippen molar-refractivity contribution >= 4 is 0 Å². The first-order chi connectivity index (χ1) is 9.71. The van der Waals surface area contributed by atoms with Crippen LogP contribution >= 0.6 is 0 Å². The Labute approximate surface area is 122 Å². The van der Waals surface area contributed by atoms with E-state index >= 15 is 0 Å². The summed E-state index contributed by atoms with van der Waals surface area (Å²) in [4.78, 5) is 0. The summed E-state index contributed by atoms with van der Waals surface area (Å²) in [7, 11) is 3.39. The van der Waals surface area contributed by atoms with E-state index in [1.54, 1.807) is 14.2 Å². The van der Waals surface area contributed by atoms with Crippen LogP contribution in [0.2, 0.25) is 0 Å². The van der Waals surface area contributed by atoms with Crippen LogP contribution in [0.5, 0.6) is 11.5 Å². The van der Waals surface area contributed by atoms with Gasteiger partial charge in [-0.05, 0) is 36.5 Å². The van der Waals surface area contributed by atoms with Gasteiger partial charge in [-0.1, -0.05) is 32.6 Å². The zero-order valence-electron chi connectivity index (χ0n) is 12.9. The van der Waals surface area contributed by atoms with Gasteiger partial charge < -0.3 is 15.2 Å². The monoisotopic (exact) mass is 277 g/mol. The summed E-state index contributed by atoms with van der Waals surface area (Å²) >= 11 is 0. The van der Waals surface area contributed by atoms with Crippen molar-refractivity contribution in [2.45, 2.75) is 45.1 Å². The normalized spacial score (nSPS) is 24.2. The lowest BCUT2D eigenvalue weighted by atomic mass is 9.72. The fourth-order valence-electron chi connectivity index (χ4n) is 3.55. The van der Waals surface area contributed by atoms with E-state index in [-0.39, 0.29) is 6.04 Å². The summed E-state index contributed by atoms with van der Waals surface area (Å²) in [5, 5.41) is 0. The average molecular weight is 277 g/mol. The minimum absolute atomic E-state index is 0.0327. The van der Waals surface area contributed by atoms with Crippen LogP contribution in [-0.2, 0) is 0 Å². The molecule has 2 rings (SSSR count). The Morgan fingerprint density at radius 1 is 1.20 bits per heavy atom. The van der Waals surface area contributed by atoms with Crippen molar-refractivity contribution in [1.82, 2.24) is 0 Å². The molecule has 20 heavy (non-hydrogen) atoms. The highest BCUT2D eigenvalue weighted by molar-refractivity contribution is 5.42. The number of benzene rings is 1. The zero-order valence-corrected chi connectivity index (χ0v) is 12.9. The van der Waals surface area contributed by atoms with Crippen molar-refractivity contribution in [1.29, 1.82) is 0 Å². The molecule has 112 valence electrons. The molecule has 0 radical (unpaired) electrons. The van der Waals surface area contributed by atoms with Gasteiger partial charge >= 0.3 is 0 Å². The van der Waals surface area contributed by atoms with Gasteiger partial charge in [-0.25, -0.2) is 0 Å². The van der Waals surface area contributed by atoms with Gasteiger partial charge in [0, 0.05) is 11.6 Å². The molecule has 3 nitrogen and oxygen atoms in total. The van der Waals surface area contributed by atoms with Gasteiger partial charge in [0.25, 0.3) is 0 Å². The molecule has 0 heterocycles. The smallest absolute Gasteiger partial charge is 0.123 e. The zero-order chi connectivity index (χ0) is 14.5. The molecule has 1 aliphatic carbocycles. The Morgan fingerprint density at radius 3 is 2.60 bits per heavy atom. The van der Waals surface area contributed by atoms with Crippen LogP contribution in [0.25, 0.3) is 0 Å². The van der Waals surface area contributed by atoms with Gasteiger partial charge in [-0.3, -0.25) is 0 Å². The van der Waals surface area contributed by atoms with Crippen LogP contribution in [0.3, 0.4) is 0 Å². The maximum atomic E-state index is 6.60. The van der Waals surface area contributed by atoms with Crippen molar-refractivity contribution in [3.63, 3.8) is 0 Å². The SMILES string of the molecule is CCC1CCCCC1C(N)c1cc(OC)ccc1OC. The third-order valence-electron chi connectivity index (χ3n) is 4.75. The first-order valence-corrected chi connectivity index (χ1v) is 7.68.